The molecule has 4 rings (SSSR count). The van der Waals surface area contributed by atoms with Crippen molar-refractivity contribution in [3.8, 4) is 23.0 Å². The smallest absolute Gasteiger partial charge is 0.337 e. The zero-order chi connectivity index (χ0) is 33.6. The molecule has 1 saturated carbocycles. The van der Waals surface area contributed by atoms with Gasteiger partial charge in [-0.1, -0.05) is 38.1 Å². The molecule has 3 aromatic carbocycles. The van der Waals surface area contributed by atoms with Crippen LogP contribution in [0.1, 0.15) is 53.7 Å². The van der Waals surface area contributed by atoms with Crippen molar-refractivity contribution in [2.75, 3.05) is 35.5 Å². The van der Waals surface area contributed by atoms with Crippen LogP contribution in [0.5, 0.6) is 23.0 Å². The summed E-state index contributed by atoms with van der Waals surface area (Å²) in [6, 6.07) is 18.0. The zero-order valence-corrected chi connectivity index (χ0v) is 27.8. The quantitative estimate of drug-likeness (QED) is 0.171. The van der Waals surface area contributed by atoms with Crippen LogP contribution in [0, 0.1) is 5.92 Å². The largest absolute Gasteiger partial charge is 0.497 e. The minimum Gasteiger partial charge on any atom is -0.497 e. The number of carbonyl (C=O) groups is 2. The van der Waals surface area contributed by atoms with E-state index in [1.54, 1.807) is 69.7 Å². The van der Waals surface area contributed by atoms with Gasteiger partial charge in [0.15, 0.2) is 11.5 Å². The van der Waals surface area contributed by atoms with Crippen molar-refractivity contribution in [3.63, 3.8) is 0 Å². The van der Waals surface area contributed by atoms with E-state index in [9.17, 15) is 9.59 Å². The van der Waals surface area contributed by atoms with E-state index >= 15 is 0 Å². The van der Waals surface area contributed by atoms with E-state index in [1.807, 2.05) is 44.2 Å². The molecule has 0 bridgehead atoms. The highest BCUT2D eigenvalue weighted by Gasteiger charge is 2.27. The summed E-state index contributed by atoms with van der Waals surface area (Å²) in [4.78, 5) is 31.9. The van der Waals surface area contributed by atoms with Gasteiger partial charge in [-0.05, 0) is 60.7 Å². The lowest BCUT2D eigenvalue weighted by molar-refractivity contribution is -0.125. The van der Waals surface area contributed by atoms with Gasteiger partial charge in [-0.2, -0.15) is 0 Å². The summed E-state index contributed by atoms with van der Waals surface area (Å²) in [5, 5.41) is 0. The maximum atomic E-state index is 14.0. The summed E-state index contributed by atoms with van der Waals surface area (Å²) in [6.45, 7) is 4.59. The van der Waals surface area contributed by atoms with Crippen molar-refractivity contribution in [3.05, 3.63) is 94.7 Å². The zero-order valence-electron chi connectivity index (χ0n) is 27.8. The third-order valence-corrected chi connectivity index (χ3v) is 7.32. The molecule has 10 nitrogen and oxygen atoms in total. The Labute approximate surface area is 271 Å². The molecule has 0 aliphatic heterocycles. The molecule has 0 spiro atoms. The Hall–Kier alpha value is -4.99. The predicted octanol–water partition coefficient (Wildman–Crippen LogP) is 5.96. The fraction of sp³-hybridized carbons (Fsp3) is 0.361. The number of para-hydroxylation sites is 1. The molecule has 0 atom stereocenters. The van der Waals surface area contributed by atoms with E-state index in [1.165, 1.54) is 7.11 Å². The van der Waals surface area contributed by atoms with Crippen LogP contribution in [-0.4, -0.2) is 58.0 Å². The Bertz CT molecular complexity index is 1550. The van der Waals surface area contributed by atoms with Gasteiger partial charge in [-0.15, -0.1) is 0 Å². The molecule has 0 aromatic heterocycles. The molecule has 0 saturated heterocycles. The molecule has 1 aliphatic rings. The van der Waals surface area contributed by atoms with E-state index in [0.29, 0.717) is 34.3 Å². The van der Waals surface area contributed by atoms with Crippen LogP contribution in [0.4, 0.5) is 0 Å². The Morgan fingerprint density at radius 2 is 1.61 bits per heavy atom. The molecule has 1 fully saturated rings. The van der Waals surface area contributed by atoms with E-state index in [2.05, 4.69) is 4.99 Å². The van der Waals surface area contributed by atoms with Crippen LogP contribution in [0.3, 0.4) is 0 Å². The summed E-state index contributed by atoms with van der Waals surface area (Å²) < 4.78 is 27.7. The first-order valence-electron chi connectivity index (χ1n) is 15.2. The van der Waals surface area contributed by atoms with Crippen molar-refractivity contribution in [2.45, 2.75) is 46.4 Å². The van der Waals surface area contributed by atoms with Gasteiger partial charge >= 0.3 is 5.97 Å². The molecule has 0 unspecified atom stereocenters. The molecule has 3 aromatic rings. The van der Waals surface area contributed by atoms with Gasteiger partial charge in [0.25, 0.3) is 5.91 Å². The average Bonchev–Trinajstić information content (AvgIpc) is 3.96. The number of hydrogen-bond acceptors (Lipinski definition) is 9. The predicted molar refractivity (Wildman–Crippen MR) is 179 cm³/mol. The third-order valence-electron chi connectivity index (χ3n) is 7.32. The molecular formula is C36H45N3O7. The minimum atomic E-state index is -0.423. The number of aliphatic imine (C=N–C) groups is 1. The van der Waals surface area contributed by atoms with E-state index in [-0.39, 0.29) is 37.2 Å². The Morgan fingerprint density at radius 3 is 2.24 bits per heavy atom. The summed E-state index contributed by atoms with van der Waals surface area (Å²) in [5.74, 6) is 1.78. The van der Waals surface area contributed by atoms with Gasteiger partial charge in [-0.25, -0.2) is 4.79 Å². The highest BCUT2D eigenvalue weighted by atomic mass is 16.5. The first kappa shape index (κ1) is 35.5. The fourth-order valence-corrected chi connectivity index (χ4v) is 4.77. The number of amides is 1. The number of nitrogens with zero attached hydrogens (tertiary/aromatic N) is 2. The number of hydrogen-bond donors (Lipinski definition) is 1. The van der Waals surface area contributed by atoms with Crippen LogP contribution in [0.2, 0.25) is 0 Å². The SMILES string of the molecule is CC.CN=C(/C=C(\N)C1CC1)C(=O)N(Cc1ccc(OC)cc1OC)Cc1cccc(OCc2cccc(C(=O)OC)c2)c1OC. The summed E-state index contributed by atoms with van der Waals surface area (Å²) >= 11 is 0. The van der Waals surface area contributed by atoms with E-state index in [0.717, 1.165) is 29.5 Å². The van der Waals surface area contributed by atoms with Gasteiger partial charge in [-0.3, -0.25) is 9.79 Å². The number of esters is 1. The third kappa shape index (κ3) is 9.26. The molecule has 10 heteroatoms. The van der Waals surface area contributed by atoms with Gasteiger partial charge in [0.05, 0.1) is 47.1 Å². The molecular weight excluding hydrogens is 586 g/mol. The molecule has 1 aliphatic carbocycles. The number of ether oxygens (including phenoxy) is 5. The van der Waals surface area contributed by atoms with Crippen LogP contribution >= 0.6 is 0 Å². The molecule has 2 N–H and O–H groups in total. The molecule has 46 heavy (non-hydrogen) atoms. The number of benzene rings is 3. The van der Waals surface area contributed by atoms with Crippen LogP contribution in [-0.2, 0) is 29.2 Å². The molecule has 1 amide bonds. The maximum absolute atomic E-state index is 14.0. The van der Waals surface area contributed by atoms with Gasteiger partial charge < -0.3 is 34.3 Å². The second-order valence-electron chi connectivity index (χ2n) is 10.3. The lowest BCUT2D eigenvalue weighted by Crippen LogP contribution is -2.35. The van der Waals surface area contributed by atoms with Crippen molar-refractivity contribution < 1.29 is 33.3 Å². The first-order chi connectivity index (χ1) is 22.3. The Balaban J connectivity index is 0.00000282. The van der Waals surface area contributed by atoms with Crippen molar-refractivity contribution in [2.24, 2.45) is 16.6 Å². The number of rotatable bonds is 14. The van der Waals surface area contributed by atoms with Crippen molar-refractivity contribution in [1.29, 1.82) is 0 Å². The lowest BCUT2D eigenvalue weighted by Gasteiger charge is -2.25. The average molecular weight is 632 g/mol. The topological polar surface area (TPSA) is 122 Å². The van der Waals surface area contributed by atoms with E-state index < -0.39 is 5.97 Å². The highest BCUT2D eigenvalue weighted by molar-refractivity contribution is 6.43. The second kappa shape index (κ2) is 17.5. The summed E-state index contributed by atoms with van der Waals surface area (Å²) in [7, 11) is 7.64. The molecule has 0 radical (unpaired) electrons. The normalized spacial score (nSPS) is 12.8. The van der Waals surface area contributed by atoms with Gasteiger partial charge in [0.2, 0.25) is 0 Å². The molecule has 0 heterocycles. The van der Waals surface area contributed by atoms with Crippen LogP contribution in [0.15, 0.2) is 77.4 Å². The summed E-state index contributed by atoms with van der Waals surface area (Å²) in [6.07, 6.45) is 3.70. The number of carbonyl (C=O) groups excluding carboxylic acids is 2. The lowest BCUT2D eigenvalue weighted by atomic mass is 10.1. The van der Waals surface area contributed by atoms with Gasteiger partial charge in [0.1, 0.15) is 23.8 Å². The fourth-order valence-electron chi connectivity index (χ4n) is 4.77. The Morgan fingerprint density at radius 1 is 0.891 bits per heavy atom. The minimum absolute atomic E-state index is 0.183. The first-order valence-corrected chi connectivity index (χ1v) is 15.2. The maximum Gasteiger partial charge on any atom is 0.337 e. The van der Waals surface area contributed by atoms with Gasteiger partial charge in [0, 0.05) is 29.9 Å². The van der Waals surface area contributed by atoms with Crippen molar-refractivity contribution >= 4 is 17.6 Å². The Kier molecular flexibility index (Phi) is 13.5. The highest BCUT2D eigenvalue weighted by Crippen LogP contribution is 2.35. The summed E-state index contributed by atoms with van der Waals surface area (Å²) in [5.41, 5.74) is 9.92. The standard InChI is InChI=1S/C34H39N3O7.C2H6/c1-36-29(18-28(35)23-12-13-23)33(38)37(19-25-14-15-27(40-2)17-31(25)41-3)20-26-10-7-11-30(32(26)42-4)44-21-22-8-6-9-24(16-22)34(39)43-5;1-2/h6-11,14-18,23H,12-13,19-21,35H2,1-5H3;1-2H3/b28-18-,36-29?;. The monoisotopic (exact) mass is 631 g/mol. The number of nitrogens with two attached hydrogens (primary N) is 1. The number of allylic oxidation sites excluding steroid dienone is 1. The second-order valence-corrected chi connectivity index (χ2v) is 10.3. The molecule has 246 valence electrons. The number of methoxy groups -OCH3 is 4. The van der Waals surface area contributed by atoms with E-state index in [4.69, 9.17) is 29.4 Å². The van der Waals surface area contributed by atoms with Crippen molar-refractivity contribution in [1.82, 2.24) is 4.90 Å². The van der Waals surface area contributed by atoms with Crippen LogP contribution < -0.4 is 24.7 Å². The van der Waals surface area contributed by atoms with Crippen LogP contribution in [0.25, 0.3) is 0 Å².